The summed E-state index contributed by atoms with van der Waals surface area (Å²) in [5.41, 5.74) is 0.558. The van der Waals surface area contributed by atoms with Gasteiger partial charge in [-0.15, -0.1) is 0 Å². The summed E-state index contributed by atoms with van der Waals surface area (Å²) in [6.45, 7) is 3.98. The van der Waals surface area contributed by atoms with Crippen molar-refractivity contribution in [1.29, 1.82) is 0 Å². The maximum absolute atomic E-state index is 13.8. The van der Waals surface area contributed by atoms with Gasteiger partial charge in [0, 0.05) is 54.2 Å². The van der Waals surface area contributed by atoms with E-state index in [1.165, 1.54) is 22.1 Å². The molecule has 0 bridgehead atoms. The molecule has 1 unspecified atom stereocenters. The number of alkyl halides is 6. The molecule has 5 aromatic rings. The molecule has 234 valence electrons. The molecule has 1 saturated heterocycles. The number of anilines is 2. The van der Waals surface area contributed by atoms with E-state index in [-0.39, 0.29) is 19.0 Å². The molecule has 0 saturated carbocycles. The topological polar surface area (TPSA) is 114 Å². The van der Waals surface area contributed by atoms with Crippen LogP contribution in [0.25, 0.3) is 16.6 Å². The second-order valence-corrected chi connectivity index (χ2v) is 10.7. The molecule has 7 rings (SSSR count). The van der Waals surface area contributed by atoms with Gasteiger partial charge in [0.05, 0.1) is 30.8 Å². The van der Waals surface area contributed by atoms with Crippen LogP contribution in [0.2, 0.25) is 0 Å². The van der Waals surface area contributed by atoms with E-state index < -0.39 is 35.7 Å². The Morgan fingerprint density at radius 1 is 0.867 bits per heavy atom. The van der Waals surface area contributed by atoms with E-state index in [4.69, 9.17) is 4.74 Å². The smallest absolute Gasteiger partial charge is 0.378 e. The normalized spacial score (nSPS) is 17.6. The van der Waals surface area contributed by atoms with Crippen molar-refractivity contribution in [2.24, 2.45) is 0 Å². The van der Waals surface area contributed by atoms with Crippen LogP contribution in [0.4, 0.5) is 38.2 Å². The molecule has 17 heteroatoms. The average Bonchev–Trinajstić information content (AvgIpc) is 3.63. The van der Waals surface area contributed by atoms with E-state index in [1.54, 1.807) is 6.20 Å². The maximum atomic E-state index is 13.8. The molecule has 0 aliphatic carbocycles. The van der Waals surface area contributed by atoms with E-state index in [9.17, 15) is 26.3 Å². The van der Waals surface area contributed by atoms with Crippen molar-refractivity contribution in [3.05, 3.63) is 76.8 Å². The number of hydrogen-bond donors (Lipinski definition) is 1. The van der Waals surface area contributed by atoms with Crippen LogP contribution in [-0.4, -0.2) is 72.8 Å². The Kier molecular flexibility index (Phi) is 6.87. The molecule has 0 radical (unpaired) electrons. The number of nitrogens with zero attached hydrogens (tertiary/aromatic N) is 9. The fourth-order valence-electron chi connectivity index (χ4n) is 5.68. The first-order valence-electron chi connectivity index (χ1n) is 13.9. The molecule has 1 atom stereocenters. The van der Waals surface area contributed by atoms with Gasteiger partial charge in [-0.3, -0.25) is 0 Å². The van der Waals surface area contributed by atoms with Crippen LogP contribution < -0.4 is 9.80 Å². The van der Waals surface area contributed by atoms with Crippen molar-refractivity contribution < 1.29 is 31.1 Å². The van der Waals surface area contributed by atoms with Crippen LogP contribution in [-0.2, 0) is 23.5 Å². The molecule has 0 spiro atoms. The monoisotopic (exact) mass is 630 g/mol. The Labute approximate surface area is 250 Å². The highest BCUT2D eigenvalue weighted by Gasteiger charge is 2.42. The molecule has 0 amide bonds. The lowest BCUT2D eigenvalue weighted by Gasteiger charge is -2.36. The van der Waals surface area contributed by atoms with Gasteiger partial charge >= 0.3 is 12.4 Å². The van der Waals surface area contributed by atoms with Gasteiger partial charge < -0.3 is 19.5 Å². The first-order chi connectivity index (χ1) is 21.5. The predicted molar refractivity (Wildman–Crippen MR) is 148 cm³/mol. The Balaban J connectivity index is 1.37. The number of aromatic amines is 1. The summed E-state index contributed by atoms with van der Waals surface area (Å²) in [5, 5.41) is 9.44. The molecule has 11 nitrogen and oxygen atoms in total. The molecular formula is C28H24F6N10O. The Morgan fingerprint density at radius 3 is 2.18 bits per heavy atom. The number of nitrogens with one attached hydrogen (secondary N) is 1. The third-order valence-corrected chi connectivity index (χ3v) is 7.77. The lowest BCUT2D eigenvalue weighted by Crippen LogP contribution is -2.39. The lowest BCUT2D eigenvalue weighted by molar-refractivity contribution is -0.147. The Hall–Kier alpha value is -4.80. The zero-order valence-electron chi connectivity index (χ0n) is 23.6. The minimum absolute atomic E-state index is 0.0117. The molecular weight excluding hydrogens is 606 g/mol. The third kappa shape index (κ3) is 5.40. The molecule has 1 N–H and O–H groups in total. The summed E-state index contributed by atoms with van der Waals surface area (Å²) in [7, 11) is 0. The SMILES string of the molecule is Cc1cnn(-c2ccc3[nH]c4c(c3c2)CCN(c2nc(C(F)(F)F)cc(C(F)(F)F)n2)C4c2cnc(N3CCOCC3)nc2)n1. The van der Waals surface area contributed by atoms with Crippen molar-refractivity contribution in [3.63, 3.8) is 0 Å². The summed E-state index contributed by atoms with van der Waals surface area (Å²) in [6, 6.07) is 4.50. The number of aryl methyl sites for hydroxylation is 1. The molecule has 1 fully saturated rings. The highest BCUT2D eigenvalue weighted by molar-refractivity contribution is 5.87. The number of rotatable bonds is 4. The van der Waals surface area contributed by atoms with Gasteiger partial charge in [-0.2, -0.15) is 41.3 Å². The summed E-state index contributed by atoms with van der Waals surface area (Å²) >= 11 is 0. The minimum Gasteiger partial charge on any atom is -0.378 e. The Bertz CT molecular complexity index is 1830. The first kappa shape index (κ1) is 28.9. The number of halogens is 6. The van der Waals surface area contributed by atoms with Gasteiger partial charge in [0.2, 0.25) is 11.9 Å². The molecule has 1 aromatic carbocycles. The molecule has 2 aliphatic heterocycles. The fourth-order valence-corrected chi connectivity index (χ4v) is 5.68. The minimum atomic E-state index is -5.13. The largest absolute Gasteiger partial charge is 0.433 e. The van der Waals surface area contributed by atoms with Gasteiger partial charge in [-0.1, -0.05) is 0 Å². The van der Waals surface area contributed by atoms with Gasteiger partial charge in [0.25, 0.3) is 0 Å². The number of morpholine rings is 1. The second kappa shape index (κ2) is 10.7. The number of benzene rings is 1. The van der Waals surface area contributed by atoms with Crippen LogP contribution in [0.5, 0.6) is 0 Å². The molecule has 45 heavy (non-hydrogen) atoms. The molecule has 2 aliphatic rings. The fraction of sp³-hybridized carbons (Fsp3) is 0.357. The van der Waals surface area contributed by atoms with Crippen molar-refractivity contribution >= 4 is 22.8 Å². The summed E-state index contributed by atoms with van der Waals surface area (Å²) < 4.78 is 88.0. The zero-order chi connectivity index (χ0) is 31.5. The summed E-state index contributed by atoms with van der Waals surface area (Å²) in [6.07, 6.45) is -5.32. The lowest BCUT2D eigenvalue weighted by atomic mass is 9.94. The van der Waals surface area contributed by atoms with Gasteiger partial charge in [-0.05, 0) is 43.2 Å². The van der Waals surface area contributed by atoms with Crippen molar-refractivity contribution in [2.45, 2.75) is 31.7 Å². The van der Waals surface area contributed by atoms with E-state index in [0.29, 0.717) is 54.7 Å². The standard InChI is InChI=1S/C28H24F6N10O/c1-15-12-37-44(41-15)17-2-3-20-19(10-17)18-4-5-43(26-39-21(27(29,30)31)11-22(40-26)28(32,33)34)24(23(18)38-20)16-13-35-25(36-14-16)42-6-8-45-9-7-42/h2-3,10-14,24,38H,4-9H2,1H3. The van der Waals surface area contributed by atoms with Gasteiger partial charge in [0.1, 0.15) is 6.04 Å². The van der Waals surface area contributed by atoms with Crippen LogP contribution in [0.15, 0.2) is 42.9 Å². The van der Waals surface area contributed by atoms with E-state index in [1.807, 2.05) is 30.0 Å². The highest BCUT2D eigenvalue weighted by atomic mass is 19.4. The number of H-pyrrole nitrogens is 1. The second-order valence-electron chi connectivity index (χ2n) is 10.7. The van der Waals surface area contributed by atoms with Crippen LogP contribution in [0.3, 0.4) is 0 Å². The van der Waals surface area contributed by atoms with Gasteiger partial charge in [0.15, 0.2) is 11.4 Å². The van der Waals surface area contributed by atoms with Gasteiger partial charge in [-0.25, -0.2) is 19.9 Å². The van der Waals surface area contributed by atoms with E-state index >= 15 is 0 Å². The quantitative estimate of drug-likeness (QED) is 0.283. The van der Waals surface area contributed by atoms with E-state index in [0.717, 1.165) is 16.6 Å². The summed E-state index contributed by atoms with van der Waals surface area (Å²) in [5.74, 6) is -0.275. The number of ether oxygens (including phenoxy) is 1. The van der Waals surface area contributed by atoms with Crippen LogP contribution in [0, 0.1) is 6.92 Å². The Morgan fingerprint density at radius 2 is 1.56 bits per heavy atom. The van der Waals surface area contributed by atoms with Crippen LogP contribution in [0.1, 0.15) is 39.9 Å². The van der Waals surface area contributed by atoms with Crippen molar-refractivity contribution in [1.82, 2.24) is 39.9 Å². The number of hydrogen-bond acceptors (Lipinski definition) is 9. The predicted octanol–water partition coefficient (Wildman–Crippen LogP) is 4.66. The number of fused-ring (bicyclic) bond motifs is 3. The zero-order valence-corrected chi connectivity index (χ0v) is 23.6. The van der Waals surface area contributed by atoms with Crippen molar-refractivity contribution in [3.8, 4) is 5.69 Å². The maximum Gasteiger partial charge on any atom is 0.433 e. The number of aromatic nitrogens is 8. The van der Waals surface area contributed by atoms with Crippen molar-refractivity contribution in [2.75, 3.05) is 42.6 Å². The third-order valence-electron chi connectivity index (χ3n) is 7.77. The average molecular weight is 631 g/mol. The summed E-state index contributed by atoms with van der Waals surface area (Å²) in [4.78, 5) is 24.2. The highest BCUT2D eigenvalue weighted by Crippen LogP contribution is 2.42. The first-order valence-corrected chi connectivity index (χ1v) is 13.9. The van der Waals surface area contributed by atoms with Crippen LogP contribution >= 0.6 is 0 Å². The molecule has 4 aromatic heterocycles. The molecule has 6 heterocycles. The van der Waals surface area contributed by atoms with E-state index in [2.05, 4.69) is 35.1 Å².